The third-order valence-corrected chi connectivity index (χ3v) is 1.66. The van der Waals surface area contributed by atoms with Crippen molar-refractivity contribution >= 4 is 23.6 Å². The fourth-order valence-electron chi connectivity index (χ4n) is 0.878. The summed E-state index contributed by atoms with van der Waals surface area (Å²) in [5.74, 6) is -0.00500. The van der Waals surface area contributed by atoms with Crippen LogP contribution in [0.2, 0.25) is 5.02 Å². The number of benzene rings is 1. The molecule has 0 N–H and O–H groups in total. The molecule has 0 unspecified atom stereocenters. The zero-order valence-corrected chi connectivity index (χ0v) is 7.73. The van der Waals surface area contributed by atoms with Crippen molar-refractivity contribution in [3.63, 3.8) is 0 Å². The number of halogens is 1. The van der Waals surface area contributed by atoms with Crippen LogP contribution in [0.4, 0.5) is 5.69 Å². The SMILES string of the molecule is O=CCOc1cc(Cl)ccc1[N+](=O)[O-]. The molecule has 0 bridgehead atoms. The molecule has 5 nitrogen and oxygen atoms in total. The maximum atomic E-state index is 10.5. The van der Waals surface area contributed by atoms with E-state index in [2.05, 4.69) is 0 Å². The maximum absolute atomic E-state index is 10.5. The van der Waals surface area contributed by atoms with Crippen LogP contribution in [0, 0.1) is 10.1 Å². The maximum Gasteiger partial charge on any atom is 0.311 e. The van der Waals surface area contributed by atoms with Crippen molar-refractivity contribution in [2.75, 3.05) is 6.61 Å². The first kappa shape index (κ1) is 10.5. The van der Waals surface area contributed by atoms with Gasteiger partial charge in [0.05, 0.1) is 4.92 Å². The number of nitro groups is 1. The predicted octanol–water partition coefficient (Wildman–Crippen LogP) is 1.83. The summed E-state index contributed by atoms with van der Waals surface area (Å²) >= 11 is 5.61. The molecule has 0 aliphatic rings. The van der Waals surface area contributed by atoms with Gasteiger partial charge in [0.2, 0.25) is 0 Å². The van der Waals surface area contributed by atoms with Gasteiger partial charge in [0, 0.05) is 17.2 Å². The summed E-state index contributed by atoms with van der Waals surface area (Å²) in [6.45, 7) is -0.235. The molecule has 0 saturated heterocycles. The Morgan fingerprint density at radius 1 is 1.57 bits per heavy atom. The standard InChI is InChI=1S/C8H6ClNO4/c9-6-1-2-7(10(12)13)8(5-6)14-4-3-11/h1-3,5H,4H2. The molecule has 0 atom stereocenters. The van der Waals surface area contributed by atoms with Gasteiger partial charge >= 0.3 is 5.69 Å². The minimum atomic E-state index is -0.601. The van der Waals surface area contributed by atoms with Gasteiger partial charge in [-0.25, -0.2) is 0 Å². The minimum absolute atomic E-state index is 0.00500. The van der Waals surface area contributed by atoms with Gasteiger partial charge < -0.3 is 4.74 Å². The molecule has 1 aromatic rings. The monoisotopic (exact) mass is 215 g/mol. The molecule has 0 aliphatic heterocycles. The number of carbonyl (C=O) groups is 1. The molecule has 0 spiro atoms. The van der Waals surface area contributed by atoms with E-state index in [0.29, 0.717) is 11.3 Å². The molecule has 0 fully saturated rings. The summed E-state index contributed by atoms with van der Waals surface area (Å²) < 4.78 is 4.83. The van der Waals surface area contributed by atoms with Crippen LogP contribution in [0.25, 0.3) is 0 Å². The number of nitrogens with zero attached hydrogens (tertiary/aromatic N) is 1. The van der Waals surface area contributed by atoms with Gasteiger partial charge in [0.25, 0.3) is 0 Å². The van der Waals surface area contributed by atoms with Crippen LogP contribution in [0.3, 0.4) is 0 Å². The molecule has 0 aromatic heterocycles. The summed E-state index contributed by atoms with van der Waals surface area (Å²) in [4.78, 5) is 19.9. The lowest BCUT2D eigenvalue weighted by atomic mass is 10.3. The van der Waals surface area contributed by atoms with Gasteiger partial charge in [0.1, 0.15) is 6.61 Å². The molecule has 0 heterocycles. The largest absolute Gasteiger partial charge is 0.479 e. The summed E-state index contributed by atoms with van der Waals surface area (Å²) in [5, 5.41) is 10.8. The summed E-state index contributed by atoms with van der Waals surface area (Å²) in [5.41, 5.74) is -0.212. The average molecular weight is 216 g/mol. The van der Waals surface area contributed by atoms with Crippen molar-refractivity contribution in [3.8, 4) is 5.75 Å². The van der Waals surface area contributed by atoms with E-state index in [1.165, 1.54) is 18.2 Å². The molecule has 1 aromatic carbocycles. The fourth-order valence-corrected chi connectivity index (χ4v) is 1.04. The Balaban J connectivity index is 3.02. The van der Waals surface area contributed by atoms with E-state index < -0.39 is 4.92 Å². The number of hydrogen-bond acceptors (Lipinski definition) is 4. The Kier molecular flexibility index (Phi) is 3.41. The molecule has 14 heavy (non-hydrogen) atoms. The van der Waals surface area contributed by atoms with Crippen molar-refractivity contribution in [2.45, 2.75) is 0 Å². The van der Waals surface area contributed by atoms with Crippen molar-refractivity contribution in [1.82, 2.24) is 0 Å². The lowest BCUT2D eigenvalue weighted by Gasteiger charge is -2.02. The molecule has 6 heteroatoms. The third-order valence-electron chi connectivity index (χ3n) is 1.43. The molecular weight excluding hydrogens is 210 g/mol. The Labute approximate surface area is 84.4 Å². The smallest absolute Gasteiger partial charge is 0.311 e. The molecule has 74 valence electrons. The quantitative estimate of drug-likeness (QED) is 0.436. The molecule has 0 radical (unpaired) electrons. The Morgan fingerprint density at radius 2 is 2.29 bits per heavy atom. The first-order valence-electron chi connectivity index (χ1n) is 3.65. The summed E-state index contributed by atoms with van der Waals surface area (Å²) in [7, 11) is 0. The van der Waals surface area contributed by atoms with Gasteiger partial charge in [-0.2, -0.15) is 0 Å². The average Bonchev–Trinajstić information content (AvgIpc) is 2.14. The van der Waals surface area contributed by atoms with E-state index in [4.69, 9.17) is 16.3 Å². The number of aldehydes is 1. The van der Waals surface area contributed by atoms with Crippen molar-refractivity contribution in [1.29, 1.82) is 0 Å². The third kappa shape index (κ3) is 2.43. The fraction of sp³-hybridized carbons (Fsp3) is 0.125. The van der Waals surface area contributed by atoms with Crippen molar-refractivity contribution in [3.05, 3.63) is 33.3 Å². The van der Waals surface area contributed by atoms with E-state index >= 15 is 0 Å². The first-order valence-corrected chi connectivity index (χ1v) is 4.03. The second-order valence-electron chi connectivity index (χ2n) is 2.35. The van der Waals surface area contributed by atoms with E-state index in [-0.39, 0.29) is 18.0 Å². The van der Waals surface area contributed by atoms with Crippen molar-refractivity contribution in [2.24, 2.45) is 0 Å². The van der Waals surface area contributed by atoms with Crippen LogP contribution >= 0.6 is 11.6 Å². The molecule has 0 saturated carbocycles. The second-order valence-corrected chi connectivity index (χ2v) is 2.78. The van der Waals surface area contributed by atoms with Crippen LogP contribution in [-0.2, 0) is 4.79 Å². The molecular formula is C8H6ClNO4. The Bertz CT molecular complexity index is 366. The highest BCUT2D eigenvalue weighted by molar-refractivity contribution is 6.30. The Morgan fingerprint density at radius 3 is 2.86 bits per heavy atom. The zero-order chi connectivity index (χ0) is 10.6. The molecule has 1 rings (SSSR count). The number of carbonyl (C=O) groups excluding carboxylic acids is 1. The van der Waals surface area contributed by atoms with Gasteiger partial charge in [-0.15, -0.1) is 0 Å². The Hall–Kier alpha value is -1.62. The molecule has 0 aliphatic carbocycles. The van der Waals surface area contributed by atoms with Crippen LogP contribution in [0.15, 0.2) is 18.2 Å². The van der Waals surface area contributed by atoms with E-state index in [0.717, 1.165) is 0 Å². The highest BCUT2D eigenvalue weighted by atomic mass is 35.5. The van der Waals surface area contributed by atoms with Gasteiger partial charge in [-0.05, 0) is 6.07 Å². The lowest BCUT2D eigenvalue weighted by Crippen LogP contribution is -2.00. The number of ether oxygens (including phenoxy) is 1. The zero-order valence-electron chi connectivity index (χ0n) is 6.97. The van der Waals surface area contributed by atoms with E-state index in [9.17, 15) is 14.9 Å². The predicted molar refractivity (Wildman–Crippen MR) is 49.7 cm³/mol. The summed E-state index contributed by atoms with van der Waals surface area (Å²) in [6.07, 6.45) is 0.505. The summed E-state index contributed by atoms with van der Waals surface area (Å²) in [6, 6.07) is 3.90. The number of nitro benzene ring substituents is 1. The van der Waals surface area contributed by atoms with E-state index in [1.54, 1.807) is 0 Å². The highest BCUT2D eigenvalue weighted by Crippen LogP contribution is 2.29. The van der Waals surface area contributed by atoms with Crippen molar-refractivity contribution < 1.29 is 14.5 Å². The minimum Gasteiger partial charge on any atom is -0.479 e. The molecule has 0 amide bonds. The number of hydrogen-bond donors (Lipinski definition) is 0. The van der Waals surface area contributed by atoms with Crippen LogP contribution in [-0.4, -0.2) is 17.8 Å². The topological polar surface area (TPSA) is 69.4 Å². The van der Waals surface area contributed by atoms with Crippen LogP contribution in [0.5, 0.6) is 5.75 Å². The van der Waals surface area contributed by atoms with Crippen LogP contribution in [0.1, 0.15) is 0 Å². The lowest BCUT2D eigenvalue weighted by molar-refractivity contribution is -0.385. The van der Waals surface area contributed by atoms with Gasteiger partial charge in [0.15, 0.2) is 12.0 Å². The van der Waals surface area contributed by atoms with E-state index in [1.807, 2.05) is 0 Å². The second kappa shape index (κ2) is 4.57. The van der Waals surface area contributed by atoms with Gasteiger partial charge in [-0.1, -0.05) is 11.6 Å². The highest BCUT2D eigenvalue weighted by Gasteiger charge is 2.14. The normalized spacial score (nSPS) is 9.50. The number of rotatable bonds is 4. The van der Waals surface area contributed by atoms with Crippen LogP contribution < -0.4 is 4.74 Å². The van der Waals surface area contributed by atoms with Gasteiger partial charge in [-0.3, -0.25) is 14.9 Å². The first-order chi connectivity index (χ1) is 6.65.